The second kappa shape index (κ2) is 5.01. The van der Waals surface area contributed by atoms with Gasteiger partial charge in [0.1, 0.15) is 0 Å². The standard InChI is InChI=1S/C10H13N3O3/c1-16-10(15)6-3-2-4-7(9(6)12)13-5-8(11)14/h2-4,13H,5,12H2,1H3,(H2,11,14). The number of methoxy groups -OCH3 is 1. The van der Waals surface area contributed by atoms with Gasteiger partial charge in [-0.25, -0.2) is 4.79 Å². The molecule has 0 radical (unpaired) electrons. The number of ether oxygens (including phenoxy) is 1. The van der Waals surface area contributed by atoms with Gasteiger partial charge in [-0.2, -0.15) is 0 Å². The molecule has 0 saturated carbocycles. The van der Waals surface area contributed by atoms with Crippen LogP contribution in [0.3, 0.4) is 0 Å². The van der Waals surface area contributed by atoms with Crippen LogP contribution in [0, 0.1) is 0 Å². The molecule has 1 amide bonds. The fourth-order valence-electron chi connectivity index (χ4n) is 1.19. The first-order valence-corrected chi connectivity index (χ1v) is 4.55. The summed E-state index contributed by atoms with van der Waals surface area (Å²) in [6.07, 6.45) is 0. The molecule has 0 aromatic heterocycles. The maximum Gasteiger partial charge on any atom is 0.340 e. The van der Waals surface area contributed by atoms with Crippen molar-refractivity contribution in [3.8, 4) is 0 Å². The number of primary amides is 1. The zero-order valence-electron chi connectivity index (χ0n) is 8.82. The van der Waals surface area contributed by atoms with Crippen LogP contribution in [0.5, 0.6) is 0 Å². The van der Waals surface area contributed by atoms with Crippen molar-refractivity contribution in [3.05, 3.63) is 23.8 Å². The molecule has 0 spiro atoms. The molecule has 86 valence electrons. The SMILES string of the molecule is COC(=O)c1cccc(NCC(N)=O)c1N. The van der Waals surface area contributed by atoms with Gasteiger partial charge in [-0.15, -0.1) is 0 Å². The summed E-state index contributed by atoms with van der Waals surface area (Å²) >= 11 is 0. The van der Waals surface area contributed by atoms with Crippen LogP contribution in [0.4, 0.5) is 11.4 Å². The Bertz CT molecular complexity index is 418. The second-order valence-corrected chi connectivity index (χ2v) is 3.08. The summed E-state index contributed by atoms with van der Waals surface area (Å²) in [6.45, 7) is -0.0468. The molecule has 0 saturated heterocycles. The zero-order chi connectivity index (χ0) is 12.1. The number of benzene rings is 1. The van der Waals surface area contributed by atoms with Crippen molar-refractivity contribution >= 4 is 23.3 Å². The lowest BCUT2D eigenvalue weighted by Gasteiger charge is -2.10. The Labute approximate surface area is 92.6 Å². The Kier molecular flexibility index (Phi) is 3.71. The highest BCUT2D eigenvalue weighted by Crippen LogP contribution is 2.22. The van der Waals surface area contributed by atoms with E-state index in [-0.39, 0.29) is 17.8 Å². The smallest absolute Gasteiger partial charge is 0.340 e. The molecule has 6 heteroatoms. The monoisotopic (exact) mass is 223 g/mol. The van der Waals surface area contributed by atoms with Gasteiger partial charge in [0.15, 0.2) is 0 Å². The minimum atomic E-state index is -0.528. The van der Waals surface area contributed by atoms with E-state index in [0.717, 1.165) is 0 Å². The van der Waals surface area contributed by atoms with Gasteiger partial charge in [0.2, 0.25) is 5.91 Å². The Morgan fingerprint density at radius 2 is 2.12 bits per heavy atom. The molecule has 0 heterocycles. The minimum Gasteiger partial charge on any atom is -0.465 e. The van der Waals surface area contributed by atoms with Crippen molar-refractivity contribution in [1.82, 2.24) is 0 Å². The van der Waals surface area contributed by atoms with Crippen LogP contribution in [0.1, 0.15) is 10.4 Å². The molecule has 0 aliphatic heterocycles. The average Bonchev–Trinajstić information content (AvgIpc) is 2.26. The average molecular weight is 223 g/mol. The topological polar surface area (TPSA) is 107 Å². The molecule has 0 aliphatic carbocycles. The number of rotatable bonds is 4. The fourth-order valence-corrected chi connectivity index (χ4v) is 1.19. The van der Waals surface area contributed by atoms with E-state index in [2.05, 4.69) is 10.1 Å². The van der Waals surface area contributed by atoms with E-state index >= 15 is 0 Å². The van der Waals surface area contributed by atoms with Crippen molar-refractivity contribution < 1.29 is 14.3 Å². The molecule has 0 aliphatic rings. The van der Waals surface area contributed by atoms with Crippen LogP contribution < -0.4 is 16.8 Å². The molecule has 0 unspecified atom stereocenters. The number of nitrogens with two attached hydrogens (primary N) is 2. The number of amides is 1. The first kappa shape index (κ1) is 11.8. The summed E-state index contributed by atoms with van der Waals surface area (Å²) in [4.78, 5) is 21.9. The second-order valence-electron chi connectivity index (χ2n) is 3.08. The van der Waals surface area contributed by atoms with Crippen LogP contribution in [-0.2, 0) is 9.53 Å². The summed E-state index contributed by atoms with van der Waals surface area (Å²) in [5, 5.41) is 2.72. The van der Waals surface area contributed by atoms with E-state index < -0.39 is 11.9 Å². The quantitative estimate of drug-likeness (QED) is 0.490. The summed E-state index contributed by atoms with van der Waals surface area (Å²) in [5.74, 6) is -1.04. The number of nitrogens with one attached hydrogen (secondary N) is 1. The normalized spacial score (nSPS) is 9.56. The summed E-state index contributed by atoms with van der Waals surface area (Å²) in [5.41, 5.74) is 11.7. The molecule has 1 rings (SSSR count). The van der Waals surface area contributed by atoms with Crippen LogP contribution in [-0.4, -0.2) is 25.5 Å². The molecule has 1 aromatic carbocycles. The Balaban J connectivity index is 2.94. The van der Waals surface area contributed by atoms with Gasteiger partial charge in [0.25, 0.3) is 0 Å². The molecular formula is C10H13N3O3. The first-order chi connectivity index (χ1) is 7.56. The third-order valence-corrected chi connectivity index (χ3v) is 1.96. The minimum absolute atomic E-state index is 0.0468. The highest BCUT2D eigenvalue weighted by atomic mass is 16.5. The van der Waals surface area contributed by atoms with Crippen LogP contribution >= 0.6 is 0 Å². The van der Waals surface area contributed by atoms with Crippen molar-refractivity contribution in [2.75, 3.05) is 24.7 Å². The van der Waals surface area contributed by atoms with Gasteiger partial charge in [-0.3, -0.25) is 4.79 Å². The Hall–Kier alpha value is -2.24. The number of nitrogen functional groups attached to an aromatic ring is 1. The van der Waals surface area contributed by atoms with E-state index in [4.69, 9.17) is 11.5 Å². The predicted molar refractivity (Wildman–Crippen MR) is 59.9 cm³/mol. The van der Waals surface area contributed by atoms with Crippen molar-refractivity contribution in [1.29, 1.82) is 0 Å². The van der Waals surface area contributed by atoms with Gasteiger partial charge in [-0.05, 0) is 12.1 Å². The summed E-state index contributed by atoms with van der Waals surface area (Å²) in [7, 11) is 1.27. The highest BCUT2D eigenvalue weighted by Gasteiger charge is 2.12. The van der Waals surface area contributed by atoms with Gasteiger partial charge >= 0.3 is 5.97 Å². The van der Waals surface area contributed by atoms with Gasteiger partial charge in [0, 0.05) is 0 Å². The lowest BCUT2D eigenvalue weighted by atomic mass is 10.1. The lowest BCUT2D eigenvalue weighted by Crippen LogP contribution is -2.22. The molecule has 16 heavy (non-hydrogen) atoms. The zero-order valence-corrected chi connectivity index (χ0v) is 8.82. The summed E-state index contributed by atoms with van der Waals surface area (Å²) in [6, 6.07) is 4.81. The number of hydrogen-bond donors (Lipinski definition) is 3. The van der Waals surface area contributed by atoms with Gasteiger partial charge in [0.05, 0.1) is 30.6 Å². The molecule has 0 fully saturated rings. The van der Waals surface area contributed by atoms with E-state index in [1.165, 1.54) is 13.2 Å². The maximum atomic E-state index is 11.3. The fraction of sp³-hybridized carbons (Fsp3) is 0.200. The Morgan fingerprint density at radius 1 is 1.44 bits per heavy atom. The molecule has 0 bridgehead atoms. The van der Waals surface area contributed by atoms with Gasteiger partial charge in [-0.1, -0.05) is 6.07 Å². The van der Waals surface area contributed by atoms with Crippen molar-refractivity contribution in [3.63, 3.8) is 0 Å². The van der Waals surface area contributed by atoms with E-state index in [9.17, 15) is 9.59 Å². The number of anilines is 2. The van der Waals surface area contributed by atoms with Gasteiger partial charge < -0.3 is 21.5 Å². The third kappa shape index (κ3) is 2.63. The van der Waals surface area contributed by atoms with E-state index in [1.807, 2.05) is 0 Å². The van der Waals surface area contributed by atoms with E-state index in [1.54, 1.807) is 12.1 Å². The van der Waals surface area contributed by atoms with E-state index in [0.29, 0.717) is 5.69 Å². The summed E-state index contributed by atoms with van der Waals surface area (Å²) < 4.78 is 4.56. The Morgan fingerprint density at radius 3 is 2.69 bits per heavy atom. The molecule has 5 N–H and O–H groups in total. The number of para-hydroxylation sites is 1. The molecular weight excluding hydrogens is 210 g/mol. The lowest BCUT2D eigenvalue weighted by molar-refractivity contribution is -0.116. The number of esters is 1. The van der Waals surface area contributed by atoms with Crippen LogP contribution in [0.2, 0.25) is 0 Å². The number of carbonyl (C=O) groups excluding carboxylic acids is 2. The number of carbonyl (C=O) groups is 2. The molecule has 1 aromatic rings. The third-order valence-electron chi connectivity index (χ3n) is 1.96. The number of hydrogen-bond acceptors (Lipinski definition) is 5. The van der Waals surface area contributed by atoms with Crippen LogP contribution in [0.15, 0.2) is 18.2 Å². The van der Waals surface area contributed by atoms with Crippen molar-refractivity contribution in [2.24, 2.45) is 5.73 Å². The maximum absolute atomic E-state index is 11.3. The highest BCUT2D eigenvalue weighted by molar-refractivity contribution is 5.98. The molecule has 6 nitrogen and oxygen atoms in total. The largest absolute Gasteiger partial charge is 0.465 e. The first-order valence-electron chi connectivity index (χ1n) is 4.55. The predicted octanol–water partition coefficient (Wildman–Crippen LogP) is -0.0474. The van der Waals surface area contributed by atoms with Crippen LogP contribution in [0.25, 0.3) is 0 Å². The van der Waals surface area contributed by atoms with Crippen molar-refractivity contribution in [2.45, 2.75) is 0 Å². The molecule has 0 atom stereocenters.